The Morgan fingerprint density at radius 3 is 2.35 bits per heavy atom. The minimum atomic E-state index is 0.116. The van der Waals surface area contributed by atoms with Gasteiger partial charge < -0.3 is 10.2 Å². The summed E-state index contributed by atoms with van der Waals surface area (Å²) in [5, 5.41) is 2.97. The van der Waals surface area contributed by atoms with Gasteiger partial charge in [0.2, 0.25) is 5.91 Å². The number of nitrogens with zero attached hydrogens (tertiary/aromatic N) is 1. The molecule has 1 N–H and O–H groups in total. The van der Waals surface area contributed by atoms with Crippen LogP contribution in [0.1, 0.15) is 37.3 Å². The van der Waals surface area contributed by atoms with E-state index in [1.807, 2.05) is 14.1 Å². The molecule has 0 aromatic heterocycles. The Morgan fingerprint density at radius 1 is 1.10 bits per heavy atom. The molecule has 0 unspecified atom stereocenters. The number of hydrogen-bond donors (Lipinski definition) is 1. The molecule has 20 heavy (non-hydrogen) atoms. The summed E-state index contributed by atoms with van der Waals surface area (Å²) in [6, 6.07) is 8.43. The summed E-state index contributed by atoms with van der Waals surface area (Å²) in [5.74, 6) is 0.116. The number of carbonyl (C=O) groups excluding carboxylic acids is 1. The SMILES string of the molecule is CCCCc1ccc(CC(=O)NCCCN(C)C)cc1. The van der Waals surface area contributed by atoms with Crippen molar-refractivity contribution < 1.29 is 4.79 Å². The first kappa shape index (κ1) is 16.7. The van der Waals surface area contributed by atoms with E-state index >= 15 is 0 Å². The number of nitrogens with one attached hydrogen (secondary N) is 1. The second-order valence-electron chi connectivity index (χ2n) is 5.60. The topological polar surface area (TPSA) is 32.3 Å². The summed E-state index contributed by atoms with van der Waals surface area (Å²) in [5.41, 5.74) is 2.46. The molecule has 3 heteroatoms. The molecule has 0 saturated heterocycles. The highest BCUT2D eigenvalue weighted by atomic mass is 16.1. The fourth-order valence-corrected chi connectivity index (χ4v) is 2.08. The van der Waals surface area contributed by atoms with E-state index in [1.165, 1.54) is 18.4 Å². The summed E-state index contributed by atoms with van der Waals surface area (Å²) < 4.78 is 0. The number of unbranched alkanes of at least 4 members (excludes halogenated alkanes) is 1. The van der Waals surface area contributed by atoms with Gasteiger partial charge >= 0.3 is 0 Å². The largest absolute Gasteiger partial charge is 0.356 e. The predicted octanol–water partition coefficient (Wildman–Crippen LogP) is 2.64. The van der Waals surface area contributed by atoms with Crippen LogP contribution in [0.3, 0.4) is 0 Å². The van der Waals surface area contributed by atoms with Gasteiger partial charge in [-0.3, -0.25) is 4.79 Å². The van der Waals surface area contributed by atoms with Crippen LogP contribution in [0.25, 0.3) is 0 Å². The molecule has 112 valence electrons. The molecular formula is C17H28N2O. The normalized spacial score (nSPS) is 10.8. The van der Waals surface area contributed by atoms with Crippen molar-refractivity contribution in [2.75, 3.05) is 27.2 Å². The third kappa shape index (κ3) is 7.29. The summed E-state index contributed by atoms with van der Waals surface area (Å²) in [7, 11) is 4.09. The maximum absolute atomic E-state index is 11.8. The Morgan fingerprint density at radius 2 is 1.75 bits per heavy atom. The zero-order chi connectivity index (χ0) is 14.8. The van der Waals surface area contributed by atoms with E-state index in [0.717, 1.165) is 31.5 Å². The Labute approximate surface area is 123 Å². The average Bonchev–Trinajstić information content (AvgIpc) is 2.43. The average molecular weight is 276 g/mol. The third-order valence-electron chi connectivity index (χ3n) is 3.31. The van der Waals surface area contributed by atoms with Gasteiger partial charge in [0, 0.05) is 6.54 Å². The van der Waals surface area contributed by atoms with Crippen molar-refractivity contribution in [1.82, 2.24) is 10.2 Å². The van der Waals surface area contributed by atoms with Crippen molar-refractivity contribution in [1.29, 1.82) is 0 Å². The Balaban J connectivity index is 2.27. The van der Waals surface area contributed by atoms with Crippen molar-refractivity contribution in [3.63, 3.8) is 0 Å². The zero-order valence-electron chi connectivity index (χ0n) is 13.1. The Kier molecular flexibility index (Phi) is 7.97. The van der Waals surface area contributed by atoms with Crippen LogP contribution >= 0.6 is 0 Å². The van der Waals surface area contributed by atoms with Gasteiger partial charge in [0.1, 0.15) is 0 Å². The van der Waals surface area contributed by atoms with Crippen LogP contribution in [-0.2, 0) is 17.6 Å². The summed E-state index contributed by atoms with van der Waals surface area (Å²) in [4.78, 5) is 13.9. The standard InChI is InChI=1S/C17H28N2O/c1-4-5-7-15-8-10-16(11-9-15)14-17(20)18-12-6-13-19(2)3/h8-11H,4-7,12-14H2,1-3H3,(H,18,20). The molecule has 1 aromatic rings. The monoisotopic (exact) mass is 276 g/mol. The summed E-state index contributed by atoms with van der Waals surface area (Å²) >= 11 is 0. The van der Waals surface area contributed by atoms with E-state index in [4.69, 9.17) is 0 Å². The second kappa shape index (κ2) is 9.54. The lowest BCUT2D eigenvalue weighted by molar-refractivity contribution is -0.120. The van der Waals surface area contributed by atoms with Crippen molar-refractivity contribution in [3.05, 3.63) is 35.4 Å². The van der Waals surface area contributed by atoms with Crippen LogP contribution in [0.4, 0.5) is 0 Å². The highest BCUT2D eigenvalue weighted by molar-refractivity contribution is 5.78. The number of hydrogen-bond acceptors (Lipinski definition) is 2. The van der Waals surface area contributed by atoms with Gasteiger partial charge in [-0.15, -0.1) is 0 Å². The molecule has 1 rings (SSSR count). The van der Waals surface area contributed by atoms with Crippen LogP contribution in [0.15, 0.2) is 24.3 Å². The van der Waals surface area contributed by atoms with Gasteiger partial charge in [-0.25, -0.2) is 0 Å². The minimum absolute atomic E-state index is 0.116. The molecule has 0 aliphatic rings. The van der Waals surface area contributed by atoms with Gasteiger partial charge in [0.15, 0.2) is 0 Å². The molecular weight excluding hydrogens is 248 g/mol. The van der Waals surface area contributed by atoms with Crippen molar-refractivity contribution in [2.24, 2.45) is 0 Å². The van der Waals surface area contributed by atoms with Crippen molar-refractivity contribution in [3.8, 4) is 0 Å². The van der Waals surface area contributed by atoms with Crippen LogP contribution in [0.2, 0.25) is 0 Å². The van der Waals surface area contributed by atoms with Gasteiger partial charge in [0.25, 0.3) is 0 Å². The number of rotatable bonds is 9. The Hall–Kier alpha value is -1.35. The number of aryl methyl sites for hydroxylation is 1. The molecule has 0 radical (unpaired) electrons. The highest BCUT2D eigenvalue weighted by Gasteiger charge is 2.03. The van der Waals surface area contributed by atoms with Crippen LogP contribution in [-0.4, -0.2) is 38.0 Å². The molecule has 1 aromatic carbocycles. The van der Waals surface area contributed by atoms with Gasteiger partial charge in [-0.1, -0.05) is 37.6 Å². The lowest BCUT2D eigenvalue weighted by atomic mass is 10.0. The number of amides is 1. The molecule has 0 saturated carbocycles. The molecule has 0 heterocycles. The van der Waals surface area contributed by atoms with Gasteiger partial charge in [0.05, 0.1) is 6.42 Å². The second-order valence-corrected chi connectivity index (χ2v) is 5.60. The first-order chi connectivity index (χ1) is 9.61. The molecule has 1 amide bonds. The molecule has 0 aliphatic heterocycles. The van der Waals surface area contributed by atoms with Crippen LogP contribution in [0, 0.1) is 0 Å². The highest BCUT2D eigenvalue weighted by Crippen LogP contribution is 2.08. The molecule has 0 spiro atoms. The van der Waals surface area contributed by atoms with Gasteiger partial charge in [-0.05, 0) is 51.0 Å². The lowest BCUT2D eigenvalue weighted by Crippen LogP contribution is -2.28. The van der Waals surface area contributed by atoms with Crippen LogP contribution < -0.4 is 5.32 Å². The molecule has 0 aliphatic carbocycles. The maximum Gasteiger partial charge on any atom is 0.224 e. The first-order valence-electron chi connectivity index (χ1n) is 7.61. The van der Waals surface area contributed by atoms with E-state index in [2.05, 4.69) is 41.4 Å². The summed E-state index contributed by atoms with van der Waals surface area (Å²) in [6.45, 7) is 3.97. The first-order valence-corrected chi connectivity index (χ1v) is 7.61. The quantitative estimate of drug-likeness (QED) is 0.703. The van der Waals surface area contributed by atoms with E-state index in [0.29, 0.717) is 6.42 Å². The minimum Gasteiger partial charge on any atom is -0.356 e. The van der Waals surface area contributed by atoms with E-state index < -0.39 is 0 Å². The van der Waals surface area contributed by atoms with E-state index in [9.17, 15) is 4.79 Å². The lowest BCUT2D eigenvalue weighted by Gasteiger charge is -2.10. The predicted molar refractivity (Wildman–Crippen MR) is 84.9 cm³/mol. The Bertz CT molecular complexity index is 384. The van der Waals surface area contributed by atoms with Gasteiger partial charge in [-0.2, -0.15) is 0 Å². The van der Waals surface area contributed by atoms with E-state index in [1.54, 1.807) is 0 Å². The summed E-state index contributed by atoms with van der Waals surface area (Å²) in [6.07, 6.45) is 5.06. The third-order valence-corrected chi connectivity index (χ3v) is 3.31. The zero-order valence-corrected chi connectivity index (χ0v) is 13.1. The molecule has 0 fully saturated rings. The molecule has 0 atom stereocenters. The van der Waals surface area contributed by atoms with E-state index in [-0.39, 0.29) is 5.91 Å². The van der Waals surface area contributed by atoms with Crippen molar-refractivity contribution in [2.45, 2.75) is 39.0 Å². The fourth-order valence-electron chi connectivity index (χ4n) is 2.08. The van der Waals surface area contributed by atoms with Crippen molar-refractivity contribution >= 4 is 5.91 Å². The fraction of sp³-hybridized carbons (Fsp3) is 0.588. The number of benzene rings is 1. The maximum atomic E-state index is 11.8. The molecule has 0 bridgehead atoms. The van der Waals surface area contributed by atoms with Crippen LogP contribution in [0.5, 0.6) is 0 Å². The smallest absolute Gasteiger partial charge is 0.224 e. The number of carbonyl (C=O) groups is 1. The molecule has 3 nitrogen and oxygen atoms in total.